The molecule has 0 radical (unpaired) electrons. The SMILES string of the molecule is CCN1CCC(n2cc(C=Cc3n[nH]c4cc(F)c(-c5ccc(CN6CCNCC6)cc5)cc34)cn2)CC1. The molecule has 6 rings (SSSR count). The highest BCUT2D eigenvalue weighted by Crippen LogP contribution is 2.30. The lowest BCUT2D eigenvalue weighted by Gasteiger charge is -2.31. The molecule has 2 fully saturated rings. The zero-order valence-electron chi connectivity index (χ0n) is 22.0. The molecule has 2 aliphatic rings. The normalized spacial score (nSPS) is 18.2. The molecule has 38 heavy (non-hydrogen) atoms. The van der Waals surface area contributed by atoms with Crippen LogP contribution in [0.25, 0.3) is 34.2 Å². The molecule has 2 aromatic heterocycles. The van der Waals surface area contributed by atoms with Gasteiger partial charge < -0.3 is 10.2 Å². The summed E-state index contributed by atoms with van der Waals surface area (Å²) in [5, 5.41) is 16.4. The van der Waals surface area contributed by atoms with Crippen molar-refractivity contribution in [2.75, 3.05) is 45.8 Å². The van der Waals surface area contributed by atoms with Gasteiger partial charge in [-0.1, -0.05) is 31.2 Å². The Morgan fingerprint density at radius 2 is 1.79 bits per heavy atom. The Kier molecular flexibility index (Phi) is 7.35. The third-order valence-electron chi connectivity index (χ3n) is 7.99. The van der Waals surface area contributed by atoms with Crippen molar-refractivity contribution in [3.05, 3.63) is 71.4 Å². The maximum absolute atomic E-state index is 15.1. The number of fused-ring (bicyclic) bond motifs is 1. The largest absolute Gasteiger partial charge is 0.314 e. The minimum absolute atomic E-state index is 0.248. The van der Waals surface area contributed by atoms with Gasteiger partial charge in [-0.15, -0.1) is 0 Å². The van der Waals surface area contributed by atoms with Gasteiger partial charge in [-0.3, -0.25) is 14.7 Å². The Balaban J connectivity index is 1.18. The van der Waals surface area contributed by atoms with Gasteiger partial charge in [0.15, 0.2) is 0 Å². The monoisotopic (exact) mass is 513 g/mol. The number of aromatic nitrogens is 4. The van der Waals surface area contributed by atoms with Gasteiger partial charge in [0.2, 0.25) is 0 Å². The first-order chi connectivity index (χ1) is 18.7. The van der Waals surface area contributed by atoms with Gasteiger partial charge in [-0.25, -0.2) is 4.39 Å². The first kappa shape index (κ1) is 25.0. The number of piperazine rings is 1. The first-order valence-electron chi connectivity index (χ1n) is 13.8. The number of piperidine rings is 1. The number of likely N-dealkylation sites (tertiary alicyclic amines) is 1. The molecular formula is C30H36FN7. The fourth-order valence-corrected chi connectivity index (χ4v) is 5.64. The number of nitrogens with zero attached hydrogens (tertiary/aromatic N) is 5. The van der Waals surface area contributed by atoms with Crippen molar-refractivity contribution in [1.82, 2.24) is 35.1 Å². The van der Waals surface area contributed by atoms with Gasteiger partial charge in [0, 0.05) is 74.6 Å². The highest BCUT2D eigenvalue weighted by atomic mass is 19.1. The van der Waals surface area contributed by atoms with Gasteiger partial charge in [-0.2, -0.15) is 10.2 Å². The number of rotatable bonds is 7. The van der Waals surface area contributed by atoms with Crippen molar-refractivity contribution in [2.45, 2.75) is 32.4 Å². The summed E-state index contributed by atoms with van der Waals surface area (Å²) in [6.45, 7) is 10.7. The van der Waals surface area contributed by atoms with Gasteiger partial charge in [0.25, 0.3) is 0 Å². The molecule has 0 saturated carbocycles. The molecule has 7 nitrogen and oxygen atoms in total. The average molecular weight is 514 g/mol. The Morgan fingerprint density at radius 3 is 2.55 bits per heavy atom. The van der Waals surface area contributed by atoms with Crippen LogP contribution < -0.4 is 5.32 Å². The van der Waals surface area contributed by atoms with Gasteiger partial charge in [0.1, 0.15) is 5.82 Å². The van der Waals surface area contributed by atoms with Crippen LogP contribution in [0.1, 0.15) is 42.6 Å². The van der Waals surface area contributed by atoms with Gasteiger partial charge in [-0.05, 0) is 48.7 Å². The van der Waals surface area contributed by atoms with E-state index in [4.69, 9.17) is 0 Å². The smallest absolute Gasteiger partial charge is 0.133 e. The zero-order chi connectivity index (χ0) is 25.9. The zero-order valence-corrected chi connectivity index (χ0v) is 22.0. The summed E-state index contributed by atoms with van der Waals surface area (Å²) in [7, 11) is 0. The molecule has 2 aliphatic heterocycles. The third kappa shape index (κ3) is 5.43. The predicted octanol–water partition coefficient (Wildman–Crippen LogP) is 4.80. The molecule has 0 unspecified atom stereocenters. The quantitative estimate of drug-likeness (QED) is 0.372. The predicted molar refractivity (Wildman–Crippen MR) is 151 cm³/mol. The lowest BCUT2D eigenvalue weighted by molar-refractivity contribution is 0.187. The average Bonchev–Trinajstić information content (AvgIpc) is 3.59. The molecule has 0 aliphatic carbocycles. The van der Waals surface area contributed by atoms with Crippen LogP contribution in [-0.2, 0) is 6.54 Å². The van der Waals surface area contributed by atoms with E-state index in [1.54, 1.807) is 6.07 Å². The summed E-state index contributed by atoms with van der Waals surface area (Å²) in [4.78, 5) is 4.93. The van der Waals surface area contributed by atoms with Crippen LogP contribution in [0.3, 0.4) is 0 Å². The lowest BCUT2D eigenvalue weighted by atomic mass is 10.0. The second kappa shape index (κ2) is 11.2. The van der Waals surface area contributed by atoms with Crippen LogP contribution in [0.5, 0.6) is 0 Å². The van der Waals surface area contributed by atoms with E-state index in [2.05, 4.69) is 60.3 Å². The number of hydrogen-bond donors (Lipinski definition) is 2. The molecule has 2 N–H and O–H groups in total. The Labute approximate surface area is 223 Å². The van der Waals surface area contributed by atoms with Crippen molar-refractivity contribution >= 4 is 23.1 Å². The summed E-state index contributed by atoms with van der Waals surface area (Å²) < 4.78 is 17.2. The number of hydrogen-bond acceptors (Lipinski definition) is 5. The van der Waals surface area contributed by atoms with E-state index in [9.17, 15) is 0 Å². The number of benzene rings is 2. The molecule has 0 spiro atoms. The van der Waals surface area contributed by atoms with Crippen LogP contribution in [0.15, 0.2) is 48.8 Å². The van der Waals surface area contributed by atoms with Crippen molar-refractivity contribution in [2.24, 2.45) is 0 Å². The Bertz CT molecular complexity index is 1390. The maximum atomic E-state index is 15.1. The Hall–Kier alpha value is -3.33. The minimum Gasteiger partial charge on any atom is -0.314 e. The third-order valence-corrected chi connectivity index (χ3v) is 7.99. The van der Waals surface area contributed by atoms with Crippen LogP contribution in [-0.4, -0.2) is 75.6 Å². The van der Waals surface area contributed by atoms with E-state index in [0.717, 1.165) is 87.4 Å². The molecule has 198 valence electrons. The summed E-state index contributed by atoms with van der Waals surface area (Å²) in [5.74, 6) is -0.248. The summed E-state index contributed by atoms with van der Waals surface area (Å²) in [6.07, 6.45) is 10.3. The fraction of sp³-hybridized carbons (Fsp3) is 0.400. The summed E-state index contributed by atoms with van der Waals surface area (Å²) >= 11 is 0. The van der Waals surface area contributed by atoms with Crippen LogP contribution in [0.4, 0.5) is 4.39 Å². The number of H-pyrrole nitrogens is 1. The molecule has 0 amide bonds. The van der Waals surface area contributed by atoms with E-state index in [1.165, 1.54) is 5.56 Å². The van der Waals surface area contributed by atoms with E-state index in [0.29, 0.717) is 17.1 Å². The first-order valence-corrected chi connectivity index (χ1v) is 13.8. The molecule has 8 heteroatoms. The van der Waals surface area contributed by atoms with E-state index in [1.807, 2.05) is 36.5 Å². The minimum atomic E-state index is -0.248. The van der Waals surface area contributed by atoms with Crippen LogP contribution in [0, 0.1) is 5.82 Å². The highest BCUT2D eigenvalue weighted by Gasteiger charge is 2.20. The van der Waals surface area contributed by atoms with Crippen molar-refractivity contribution < 1.29 is 4.39 Å². The molecule has 0 bridgehead atoms. The van der Waals surface area contributed by atoms with Crippen LogP contribution >= 0.6 is 0 Å². The van der Waals surface area contributed by atoms with Crippen molar-refractivity contribution in [3.8, 4) is 11.1 Å². The summed E-state index contributed by atoms with van der Waals surface area (Å²) in [6, 6.07) is 12.2. The van der Waals surface area contributed by atoms with Gasteiger partial charge >= 0.3 is 0 Å². The standard InChI is InChI=1S/C30H36FN7/c1-2-36-13-9-25(10-14-36)38-21-23(19-33-38)5-8-29-27-17-26(28(31)18-30(27)35-34-29)24-6-3-22(4-7-24)20-37-15-11-32-12-16-37/h3-8,17-19,21,25,32H,2,9-16,20H2,1H3,(H,34,35). The number of halogens is 1. The lowest BCUT2D eigenvalue weighted by Crippen LogP contribution is -2.42. The fourth-order valence-electron chi connectivity index (χ4n) is 5.64. The highest BCUT2D eigenvalue weighted by molar-refractivity contribution is 5.92. The molecule has 0 atom stereocenters. The van der Waals surface area contributed by atoms with E-state index < -0.39 is 0 Å². The maximum Gasteiger partial charge on any atom is 0.133 e. The molecular weight excluding hydrogens is 477 g/mol. The molecule has 4 heterocycles. The molecule has 2 aromatic carbocycles. The summed E-state index contributed by atoms with van der Waals surface area (Å²) in [5.41, 5.74) is 5.25. The second-order valence-electron chi connectivity index (χ2n) is 10.5. The molecule has 4 aromatic rings. The Morgan fingerprint density at radius 1 is 1.00 bits per heavy atom. The van der Waals surface area contributed by atoms with Crippen LogP contribution in [0.2, 0.25) is 0 Å². The van der Waals surface area contributed by atoms with Gasteiger partial charge in [0.05, 0.1) is 23.4 Å². The van der Waals surface area contributed by atoms with Crippen molar-refractivity contribution in [3.63, 3.8) is 0 Å². The van der Waals surface area contributed by atoms with E-state index in [-0.39, 0.29) is 5.82 Å². The molecule has 2 saturated heterocycles. The number of aromatic amines is 1. The second-order valence-corrected chi connectivity index (χ2v) is 10.5. The topological polar surface area (TPSA) is 65.0 Å². The van der Waals surface area contributed by atoms with Crippen molar-refractivity contribution in [1.29, 1.82) is 0 Å². The van der Waals surface area contributed by atoms with E-state index >= 15 is 4.39 Å². The number of nitrogens with one attached hydrogen (secondary N) is 2.